The Morgan fingerprint density at radius 1 is 0.903 bits per heavy atom. The minimum absolute atomic E-state index is 0.0343. The average Bonchev–Trinajstić information content (AvgIpc) is 2.81. The first kappa shape index (κ1) is 20.6. The van der Waals surface area contributed by atoms with E-state index in [-0.39, 0.29) is 18.4 Å². The third-order valence-electron chi connectivity index (χ3n) is 5.71. The van der Waals surface area contributed by atoms with Gasteiger partial charge in [0, 0.05) is 11.1 Å². The molecule has 1 atom stereocenters. The summed E-state index contributed by atoms with van der Waals surface area (Å²) >= 11 is 0. The maximum absolute atomic E-state index is 13.2. The quantitative estimate of drug-likeness (QED) is 0.469. The summed E-state index contributed by atoms with van der Waals surface area (Å²) < 4.78 is 5.28. The summed E-state index contributed by atoms with van der Waals surface area (Å²) in [6.45, 7) is 4.04. The average molecular weight is 411 g/mol. The van der Waals surface area contributed by atoms with Gasteiger partial charge in [0.25, 0.3) is 0 Å². The third-order valence-corrected chi connectivity index (χ3v) is 5.71. The molecule has 31 heavy (non-hydrogen) atoms. The molecule has 4 heteroatoms. The summed E-state index contributed by atoms with van der Waals surface area (Å²) in [7, 11) is 1.65. The van der Waals surface area contributed by atoms with Crippen LogP contribution < -0.4 is 10.1 Å². The number of aryl methyl sites for hydroxylation is 2. The topological polar surface area (TPSA) is 51.2 Å². The van der Waals surface area contributed by atoms with Crippen LogP contribution in [0.25, 0.3) is 10.9 Å². The second-order valence-electron chi connectivity index (χ2n) is 7.68. The molecule has 0 saturated carbocycles. The molecule has 4 rings (SSSR count). The molecule has 0 bridgehead atoms. The van der Waals surface area contributed by atoms with Crippen molar-refractivity contribution >= 4 is 16.8 Å². The molecule has 1 aromatic heterocycles. The summed E-state index contributed by atoms with van der Waals surface area (Å²) in [6.07, 6.45) is 0.287. The second-order valence-corrected chi connectivity index (χ2v) is 7.68. The lowest BCUT2D eigenvalue weighted by Crippen LogP contribution is -2.31. The van der Waals surface area contributed by atoms with Gasteiger partial charge in [0.2, 0.25) is 5.91 Å². The maximum Gasteiger partial charge on any atom is 0.225 e. The van der Waals surface area contributed by atoms with Gasteiger partial charge in [-0.05, 0) is 54.3 Å². The lowest BCUT2D eigenvalue weighted by molar-refractivity contribution is -0.121. The summed E-state index contributed by atoms with van der Waals surface area (Å²) in [5.41, 5.74) is 5.99. The molecule has 1 amide bonds. The number of amides is 1. The highest BCUT2D eigenvalue weighted by atomic mass is 16.5. The van der Waals surface area contributed by atoms with Crippen molar-refractivity contribution in [3.05, 3.63) is 107 Å². The number of nitrogens with zero attached hydrogens (tertiary/aromatic N) is 1. The maximum atomic E-state index is 13.2. The highest BCUT2D eigenvalue weighted by Gasteiger charge is 2.19. The molecule has 0 aliphatic heterocycles. The van der Waals surface area contributed by atoms with Gasteiger partial charge in [-0.25, -0.2) is 0 Å². The lowest BCUT2D eigenvalue weighted by atomic mass is 9.96. The number of methoxy groups -OCH3 is 1. The summed E-state index contributed by atoms with van der Waals surface area (Å²) in [5.74, 6) is 0.753. The SMILES string of the molecule is COc1ccc([C@@H](NC(=O)Cc2c(C)nc3ccccc3c2C)c2ccccc2)cc1. The molecule has 0 spiro atoms. The molecular weight excluding hydrogens is 384 g/mol. The molecule has 0 radical (unpaired) electrons. The van der Waals surface area contributed by atoms with E-state index in [2.05, 4.69) is 18.3 Å². The highest BCUT2D eigenvalue weighted by Crippen LogP contribution is 2.26. The van der Waals surface area contributed by atoms with Gasteiger partial charge in [0.15, 0.2) is 0 Å². The van der Waals surface area contributed by atoms with Crippen LogP contribution in [-0.4, -0.2) is 18.0 Å². The number of nitrogens with one attached hydrogen (secondary N) is 1. The number of carbonyl (C=O) groups excluding carboxylic acids is 1. The number of ether oxygens (including phenoxy) is 1. The van der Waals surface area contributed by atoms with E-state index in [4.69, 9.17) is 9.72 Å². The van der Waals surface area contributed by atoms with E-state index in [9.17, 15) is 4.79 Å². The van der Waals surface area contributed by atoms with Crippen LogP contribution in [0, 0.1) is 13.8 Å². The molecule has 0 unspecified atom stereocenters. The summed E-state index contributed by atoms with van der Waals surface area (Å²) in [5, 5.41) is 4.32. The van der Waals surface area contributed by atoms with Gasteiger partial charge >= 0.3 is 0 Å². The fourth-order valence-corrected chi connectivity index (χ4v) is 4.00. The smallest absolute Gasteiger partial charge is 0.225 e. The Labute approximate surface area is 182 Å². The number of para-hydroxylation sites is 1. The van der Waals surface area contributed by atoms with Crippen molar-refractivity contribution < 1.29 is 9.53 Å². The zero-order valence-electron chi connectivity index (χ0n) is 18.1. The molecule has 1 N–H and O–H groups in total. The van der Waals surface area contributed by atoms with Crippen LogP contribution in [0.2, 0.25) is 0 Å². The third kappa shape index (κ3) is 4.43. The largest absolute Gasteiger partial charge is 0.497 e. The predicted octanol–water partition coefficient (Wildman–Crippen LogP) is 5.31. The van der Waals surface area contributed by atoms with E-state index in [0.717, 1.165) is 44.6 Å². The minimum Gasteiger partial charge on any atom is -0.497 e. The second kappa shape index (κ2) is 9.00. The molecular formula is C27H26N2O2. The van der Waals surface area contributed by atoms with E-state index in [0.29, 0.717) is 0 Å². The molecule has 1 heterocycles. The van der Waals surface area contributed by atoms with E-state index in [1.807, 2.05) is 79.7 Å². The van der Waals surface area contributed by atoms with Crippen LogP contribution in [0.4, 0.5) is 0 Å². The normalized spacial score (nSPS) is 11.8. The Hall–Kier alpha value is -3.66. The van der Waals surface area contributed by atoms with Gasteiger partial charge in [-0.1, -0.05) is 60.7 Å². The van der Waals surface area contributed by atoms with Crippen LogP contribution in [0.5, 0.6) is 5.75 Å². The van der Waals surface area contributed by atoms with Crippen LogP contribution in [0.3, 0.4) is 0 Å². The van der Waals surface area contributed by atoms with E-state index in [1.54, 1.807) is 7.11 Å². The number of hydrogen-bond acceptors (Lipinski definition) is 3. The first-order chi connectivity index (χ1) is 15.1. The number of rotatable bonds is 6. The Bertz CT molecular complexity index is 1200. The van der Waals surface area contributed by atoms with E-state index < -0.39 is 0 Å². The lowest BCUT2D eigenvalue weighted by Gasteiger charge is -2.21. The first-order valence-corrected chi connectivity index (χ1v) is 10.4. The van der Waals surface area contributed by atoms with Gasteiger partial charge < -0.3 is 10.1 Å². The fraction of sp³-hybridized carbons (Fsp3) is 0.185. The van der Waals surface area contributed by atoms with E-state index in [1.165, 1.54) is 0 Å². The Kier molecular flexibility index (Phi) is 5.99. The van der Waals surface area contributed by atoms with Crippen LogP contribution >= 0.6 is 0 Å². The fourth-order valence-electron chi connectivity index (χ4n) is 4.00. The van der Waals surface area contributed by atoms with Crippen LogP contribution in [0.15, 0.2) is 78.9 Å². The predicted molar refractivity (Wildman–Crippen MR) is 124 cm³/mol. The van der Waals surface area contributed by atoms with Crippen molar-refractivity contribution in [1.82, 2.24) is 10.3 Å². The zero-order valence-corrected chi connectivity index (χ0v) is 18.1. The van der Waals surface area contributed by atoms with Crippen molar-refractivity contribution in [2.24, 2.45) is 0 Å². The number of hydrogen-bond donors (Lipinski definition) is 1. The Balaban J connectivity index is 1.63. The number of pyridine rings is 1. The van der Waals surface area contributed by atoms with Gasteiger partial charge in [0.1, 0.15) is 5.75 Å². The van der Waals surface area contributed by atoms with Crippen molar-refractivity contribution in [1.29, 1.82) is 0 Å². The van der Waals surface area contributed by atoms with Gasteiger partial charge in [0.05, 0.1) is 25.1 Å². The molecule has 0 fully saturated rings. The summed E-state index contributed by atoms with van der Waals surface area (Å²) in [6, 6.07) is 25.6. The monoisotopic (exact) mass is 410 g/mol. The number of carbonyl (C=O) groups is 1. The van der Waals surface area contributed by atoms with E-state index >= 15 is 0 Å². The van der Waals surface area contributed by atoms with Gasteiger partial charge in [-0.3, -0.25) is 9.78 Å². The Morgan fingerprint density at radius 2 is 1.55 bits per heavy atom. The van der Waals surface area contributed by atoms with Crippen molar-refractivity contribution in [2.75, 3.05) is 7.11 Å². The zero-order chi connectivity index (χ0) is 21.8. The minimum atomic E-state index is -0.242. The van der Waals surface area contributed by atoms with Gasteiger partial charge in [-0.15, -0.1) is 0 Å². The molecule has 4 nitrogen and oxygen atoms in total. The van der Waals surface area contributed by atoms with Crippen LogP contribution in [0.1, 0.15) is 34.0 Å². The van der Waals surface area contributed by atoms with Crippen molar-refractivity contribution in [2.45, 2.75) is 26.3 Å². The number of aromatic nitrogens is 1. The number of fused-ring (bicyclic) bond motifs is 1. The highest BCUT2D eigenvalue weighted by molar-refractivity contribution is 5.86. The van der Waals surface area contributed by atoms with Crippen LogP contribution in [-0.2, 0) is 11.2 Å². The van der Waals surface area contributed by atoms with Crippen molar-refractivity contribution in [3.63, 3.8) is 0 Å². The molecule has 156 valence electrons. The summed E-state index contributed by atoms with van der Waals surface area (Å²) in [4.78, 5) is 17.9. The standard InChI is InChI=1S/C27H26N2O2/c1-18-23-11-7-8-12-25(23)28-19(2)24(18)17-26(30)29-27(20-9-5-4-6-10-20)21-13-15-22(31-3)16-14-21/h4-16,27H,17H2,1-3H3,(H,29,30)/t27-/m0/s1. The molecule has 0 saturated heterocycles. The number of benzene rings is 3. The van der Waals surface area contributed by atoms with Crippen molar-refractivity contribution in [3.8, 4) is 5.75 Å². The molecule has 0 aliphatic rings. The molecule has 3 aromatic carbocycles. The molecule has 4 aromatic rings. The molecule has 0 aliphatic carbocycles. The van der Waals surface area contributed by atoms with Gasteiger partial charge in [-0.2, -0.15) is 0 Å². The Morgan fingerprint density at radius 3 is 2.26 bits per heavy atom. The first-order valence-electron chi connectivity index (χ1n) is 10.4.